The first-order valence-corrected chi connectivity index (χ1v) is 11.7. The number of aryl methyl sites for hydroxylation is 2. The Labute approximate surface area is 193 Å². The summed E-state index contributed by atoms with van der Waals surface area (Å²) in [7, 11) is 0. The molecule has 1 fully saturated rings. The summed E-state index contributed by atoms with van der Waals surface area (Å²) in [6, 6.07) is 10.5. The van der Waals surface area contributed by atoms with Crippen molar-refractivity contribution < 1.29 is 9.90 Å². The standard InChI is InChI=1S/C26H31N5O2/c1-26(2,28)12-11-15-3-5-16(6-4-15)21-13-20-18(14-29-21)9-10-19-22(20)30-31(23(19)25(32)33)24(27)17-7-8-17/h3-6,13-14,17,24H,7-12,27-28H2,1-2H3,(H,32,33). The van der Waals surface area contributed by atoms with Crippen molar-refractivity contribution in [3.8, 4) is 22.5 Å². The second kappa shape index (κ2) is 8.08. The van der Waals surface area contributed by atoms with Crippen molar-refractivity contribution in [2.45, 2.75) is 64.1 Å². The molecule has 2 aromatic heterocycles. The molecule has 0 radical (unpaired) electrons. The molecule has 0 bridgehead atoms. The summed E-state index contributed by atoms with van der Waals surface area (Å²) in [5.41, 5.74) is 19.2. The number of aromatic carboxylic acids is 1. The fourth-order valence-electron chi connectivity index (χ4n) is 4.63. The molecule has 5 rings (SSSR count). The Hall–Kier alpha value is -3.03. The molecule has 1 unspecified atom stereocenters. The highest BCUT2D eigenvalue weighted by Crippen LogP contribution is 2.41. The summed E-state index contributed by atoms with van der Waals surface area (Å²) in [6.07, 6.45) is 6.78. The lowest BCUT2D eigenvalue weighted by Gasteiger charge is -2.18. The molecule has 0 spiro atoms. The molecule has 5 N–H and O–H groups in total. The van der Waals surface area contributed by atoms with Gasteiger partial charge in [-0.1, -0.05) is 24.3 Å². The van der Waals surface area contributed by atoms with Gasteiger partial charge in [-0.25, -0.2) is 9.48 Å². The zero-order valence-electron chi connectivity index (χ0n) is 19.2. The molecule has 1 aromatic carbocycles. The molecule has 1 saturated carbocycles. The number of carboxylic acids is 1. The number of carboxylic acid groups (broad SMARTS) is 1. The number of pyridine rings is 1. The average molecular weight is 446 g/mol. The minimum Gasteiger partial charge on any atom is -0.477 e. The lowest BCUT2D eigenvalue weighted by atomic mass is 9.89. The molecule has 3 aromatic rings. The largest absolute Gasteiger partial charge is 0.477 e. The van der Waals surface area contributed by atoms with Gasteiger partial charge in [0.1, 0.15) is 6.17 Å². The maximum Gasteiger partial charge on any atom is 0.354 e. The van der Waals surface area contributed by atoms with Crippen LogP contribution in [-0.4, -0.2) is 31.4 Å². The van der Waals surface area contributed by atoms with E-state index in [1.807, 2.05) is 26.1 Å². The quantitative estimate of drug-likeness (QED) is 0.506. The summed E-state index contributed by atoms with van der Waals surface area (Å²) in [5.74, 6) is -0.658. The van der Waals surface area contributed by atoms with Crippen LogP contribution < -0.4 is 11.5 Å². The van der Waals surface area contributed by atoms with Crippen molar-refractivity contribution in [3.05, 3.63) is 58.9 Å². The van der Waals surface area contributed by atoms with Crippen molar-refractivity contribution in [3.63, 3.8) is 0 Å². The molecule has 0 amide bonds. The van der Waals surface area contributed by atoms with Gasteiger partial charge >= 0.3 is 5.97 Å². The number of carbonyl (C=O) groups is 1. The van der Waals surface area contributed by atoms with Crippen molar-refractivity contribution >= 4 is 5.97 Å². The minimum atomic E-state index is -0.964. The van der Waals surface area contributed by atoms with Gasteiger partial charge in [0.15, 0.2) is 5.69 Å². The van der Waals surface area contributed by atoms with E-state index in [1.165, 1.54) is 5.56 Å². The summed E-state index contributed by atoms with van der Waals surface area (Å²) >= 11 is 0. The smallest absolute Gasteiger partial charge is 0.354 e. The summed E-state index contributed by atoms with van der Waals surface area (Å²) in [6.45, 7) is 4.09. The van der Waals surface area contributed by atoms with Gasteiger partial charge in [0.2, 0.25) is 0 Å². The lowest BCUT2D eigenvalue weighted by molar-refractivity contribution is 0.0678. The lowest BCUT2D eigenvalue weighted by Crippen LogP contribution is -2.32. The Kier molecular flexibility index (Phi) is 5.34. The molecule has 2 aliphatic rings. The molecule has 7 nitrogen and oxygen atoms in total. The van der Waals surface area contributed by atoms with Gasteiger partial charge in [0, 0.05) is 28.4 Å². The first kappa shape index (κ1) is 21.8. The van der Waals surface area contributed by atoms with E-state index in [1.54, 1.807) is 4.68 Å². The van der Waals surface area contributed by atoms with E-state index >= 15 is 0 Å². The third-order valence-corrected chi connectivity index (χ3v) is 6.79. The first-order valence-electron chi connectivity index (χ1n) is 11.7. The van der Waals surface area contributed by atoms with Gasteiger partial charge in [0.25, 0.3) is 0 Å². The first-order chi connectivity index (χ1) is 15.7. The van der Waals surface area contributed by atoms with Crippen LogP contribution in [0, 0.1) is 5.92 Å². The van der Waals surface area contributed by atoms with E-state index < -0.39 is 12.1 Å². The predicted molar refractivity (Wildman–Crippen MR) is 128 cm³/mol. The van der Waals surface area contributed by atoms with Crippen LogP contribution in [0.2, 0.25) is 0 Å². The highest BCUT2D eigenvalue weighted by Gasteiger charge is 2.36. The number of benzene rings is 1. The van der Waals surface area contributed by atoms with Crippen LogP contribution in [0.5, 0.6) is 0 Å². The van der Waals surface area contributed by atoms with Crippen LogP contribution >= 0.6 is 0 Å². The Balaban J connectivity index is 1.49. The molecule has 7 heteroatoms. The molecule has 172 valence electrons. The van der Waals surface area contributed by atoms with E-state index in [0.717, 1.165) is 65.7 Å². The zero-order chi connectivity index (χ0) is 23.3. The second-order valence-electron chi connectivity index (χ2n) is 10.2. The third kappa shape index (κ3) is 4.30. The fourth-order valence-corrected chi connectivity index (χ4v) is 4.63. The maximum absolute atomic E-state index is 12.1. The number of hydrogen-bond donors (Lipinski definition) is 3. The van der Waals surface area contributed by atoms with Crippen molar-refractivity contribution in [2.75, 3.05) is 0 Å². The molecular weight excluding hydrogens is 414 g/mol. The van der Waals surface area contributed by atoms with Gasteiger partial charge in [-0.2, -0.15) is 5.10 Å². The van der Waals surface area contributed by atoms with Crippen molar-refractivity contribution in [1.29, 1.82) is 0 Å². The van der Waals surface area contributed by atoms with Crippen LogP contribution in [0.1, 0.15) is 66.5 Å². The SMILES string of the molecule is CC(C)(N)CCc1ccc(-c2cc3c(cn2)CCc2c-3nn(C(N)C3CC3)c2C(=O)O)cc1. The number of hydrogen-bond acceptors (Lipinski definition) is 5. The second-order valence-corrected chi connectivity index (χ2v) is 10.2. The number of nitrogens with two attached hydrogens (primary N) is 2. The average Bonchev–Trinajstić information content (AvgIpc) is 3.55. The highest BCUT2D eigenvalue weighted by molar-refractivity contribution is 5.91. The van der Waals surface area contributed by atoms with Crippen LogP contribution in [-0.2, 0) is 19.3 Å². The zero-order valence-corrected chi connectivity index (χ0v) is 19.2. The summed E-state index contributed by atoms with van der Waals surface area (Å²) in [4.78, 5) is 16.8. The Morgan fingerprint density at radius 1 is 1.24 bits per heavy atom. The Morgan fingerprint density at radius 3 is 2.61 bits per heavy atom. The molecule has 2 heterocycles. The number of nitrogens with zero attached hydrogens (tertiary/aromatic N) is 3. The van der Waals surface area contributed by atoms with Crippen LogP contribution in [0.15, 0.2) is 36.5 Å². The van der Waals surface area contributed by atoms with Crippen LogP contribution in [0.4, 0.5) is 0 Å². The van der Waals surface area contributed by atoms with Crippen molar-refractivity contribution in [2.24, 2.45) is 17.4 Å². The molecule has 0 saturated heterocycles. The van der Waals surface area contributed by atoms with Gasteiger partial charge in [-0.3, -0.25) is 4.98 Å². The van der Waals surface area contributed by atoms with E-state index in [4.69, 9.17) is 21.5 Å². The minimum absolute atomic E-state index is 0.184. The Bertz CT molecular complexity index is 1200. The van der Waals surface area contributed by atoms with E-state index in [0.29, 0.717) is 12.3 Å². The number of fused-ring (bicyclic) bond motifs is 3. The third-order valence-electron chi connectivity index (χ3n) is 6.79. The molecular formula is C26H31N5O2. The van der Waals surface area contributed by atoms with Crippen molar-refractivity contribution in [1.82, 2.24) is 14.8 Å². The monoisotopic (exact) mass is 445 g/mol. The predicted octanol–water partition coefficient (Wildman–Crippen LogP) is 3.95. The summed E-state index contributed by atoms with van der Waals surface area (Å²) in [5, 5.41) is 14.7. The van der Waals surface area contributed by atoms with Gasteiger partial charge in [0.05, 0.1) is 11.4 Å². The topological polar surface area (TPSA) is 120 Å². The molecule has 0 aliphatic heterocycles. The van der Waals surface area contributed by atoms with E-state index in [2.05, 4.69) is 24.3 Å². The molecule has 33 heavy (non-hydrogen) atoms. The maximum atomic E-state index is 12.1. The number of rotatable bonds is 7. The van der Waals surface area contributed by atoms with Gasteiger partial charge in [-0.05, 0) is 75.5 Å². The number of aromatic nitrogens is 3. The summed E-state index contributed by atoms with van der Waals surface area (Å²) < 4.78 is 1.55. The molecule has 1 atom stereocenters. The molecule has 2 aliphatic carbocycles. The van der Waals surface area contributed by atoms with E-state index in [-0.39, 0.29) is 11.2 Å². The Morgan fingerprint density at radius 2 is 1.97 bits per heavy atom. The van der Waals surface area contributed by atoms with Crippen LogP contribution in [0.3, 0.4) is 0 Å². The fraction of sp³-hybridized carbons (Fsp3) is 0.423. The van der Waals surface area contributed by atoms with Gasteiger partial charge < -0.3 is 16.6 Å². The normalized spacial score (nSPS) is 16.2. The van der Waals surface area contributed by atoms with Gasteiger partial charge in [-0.15, -0.1) is 0 Å². The highest BCUT2D eigenvalue weighted by atomic mass is 16.4. The van der Waals surface area contributed by atoms with Crippen LogP contribution in [0.25, 0.3) is 22.5 Å². The van der Waals surface area contributed by atoms with E-state index in [9.17, 15) is 9.90 Å².